The molecule has 2 unspecified atom stereocenters. The Hall–Kier alpha value is 0.290. The molecule has 0 saturated heterocycles. The van der Waals surface area contributed by atoms with Gasteiger partial charge < -0.3 is 0 Å². The molecule has 1 fully saturated rings. The Kier molecular flexibility index (Phi) is 4.42. The molecule has 0 bridgehead atoms. The van der Waals surface area contributed by atoms with E-state index in [1.165, 1.54) is 38.5 Å². The molecule has 1 heteroatoms. The highest BCUT2D eigenvalue weighted by Crippen LogP contribution is 2.31. The first-order valence-corrected chi connectivity index (χ1v) is 5.79. The monoisotopic (exact) mass is 188 g/mol. The maximum atomic E-state index is 6.35. The molecule has 0 aromatic rings. The lowest BCUT2D eigenvalue weighted by Crippen LogP contribution is -2.22. The fourth-order valence-electron chi connectivity index (χ4n) is 2.22. The first-order chi connectivity index (χ1) is 5.72. The van der Waals surface area contributed by atoms with Crippen LogP contribution in [0.1, 0.15) is 52.4 Å². The van der Waals surface area contributed by atoms with Gasteiger partial charge in [-0.25, -0.2) is 0 Å². The molecule has 0 amide bonds. The second-order valence-electron chi connectivity index (χ2n) is 4.42. The third-order valence-electron chi connectivity index (χ3n) is 3.09. The average molecular weight is 189 g/mol. The van der Waals surface area contributed by atoms with Gasteiger partial charge >= 0.3 is 0 Å². The van der Waals surface area contributed by atoms with E-state index in [2.05, 4.69) is 13.8 Å². The summed E-state index contributed by atoms with van der Waals surface area (Å²) in [5, 5.41) is 0.449. The fraction of sp³-hybridized carbons (Fsp3) is 1.00. The predicted molar refractivity (Wildman–Crippen MR) is 55.7 cm³/mol. The first kappa shape index (κ1) is 10.4. The van der Waals surface area contributed by atoms with Crippen molar-refractivity contribution < 1.29 is 0 Å². The zero-order valence-electron chi connectivity index (χ0n) is 8.35. The third-order valence-corrected chi connectivity index (χ3v) is 3.63. The van der Waals surface area contributed by atoms with E-state index in [4.69, 9.17) is 11.6 Å². The Morgan fingerprint density at radius 2 is 1.58 bits per heavy atom. The van der Waals surface area contributed by atoms with Crippen molar-refractivity contribution in [2.45, 2.75) is 57.7 Å². The lowest BCUT2D eigenvalue weighted by molar-refractivity contribution is 0.303. The Morgan fingerprint density at radius 3 is 2.17 bits per heavy atom. The number of alkyl halides is 1. The molecule has 1 aliphatic rings. The number of hydrogen-bond donors (Lipinski definition) is 0. The highest BCUT2D eigenvalue weighted by molar-refractivity contribution is 6.20. The molecule has 1 saturated carbocycles. The minimum Gasteiger partial charge on any atom is -0.123 e. The summed E-state index contributed by atoms with van der Waals surface area (Å²) in [6.07, 6.45) is 8.15. The Morgan fingerprint density at radius 1 is 1.00 bits per heavy atom. The van der Waals surface area contributed by atoms with E-state index in [1.807, 2.05) is 0 Å². The quantitative estimate of drug-likeness (QED) is 0.541. The summed E-state index contributed by atoms with van der Waals surface area (Å²) in [4.78, 5) is 0. The normalized spacial score (nSPS) is 33.0. The van der Waals surface area contributed by atoms with Gasteiger partial charge in [0.2, 0.25) is 0 Å². The molecule has 0 N–H and O–H groups in total. The molecule has 0 spiro atoms. The highest BCUT2D eigenvalue weighted by atomic mass is 35.5. The van der Waals surface area contributed by atoms with Crippen molar-refractivity contribution in [3.05, 3.63) is 0 Å². The van der Waals surface area contributed by atoms with E-state index in [-0.39, 0.29) is 0 Å². The van der Waals surface area contributed by atoms with Crippen LogP contribution in [0, 0.1) is 11.8 Å². The van der Waals surface area contributed by atoms with Gasteiger partial charge in [-0.2, -0.15) is 0 Å². The Labute approximate surface area is 81.7 Å². The highest BCUT2D eigenvalue weighted by Gasteiger charge is 2.23. The molecule has 0 nitrogen and oxygen atoms in total. The molecule has 0 heterocycles. The minimum atomic E-state index is 0.449. The van der Waals surface area contributed by atoms with Crippen molar-refractivity contribution in [3.63, 3.8) is 0 Å². The number of rotatable bonds is 1. The van der Waals surface area contributed by atoms with Crippen molar-refractivity contribution >= 4 is 11.6 Å². The smallest absolute Gasteiger partial charge is 0.0366 e. The van der Waals surface area contributed by atoms with Crippen molar-refractivity contribution in [2.75, 3.05) is 0 Å². The molecule has 0 aliphatic heterocycles. The average Bonchev–Trinajstić information content (AvgIpc) is 1.96. The SMILES string of the molecule is CC(C)C1CCCCCCC1Cl. The van der Waals surface area contributed by atoms with Crippen LogP contribution in [-0.2, 0) is 0 Å². The van der Waals surface area contributed by atoms with Crippen molar-refractivity contribution in [1.29, 1.82) is 0 Å². The topological polar surface area (TPSA) is 0 Å². The second-order valence-corrected chi connectivity index (χ2v) is 4.98. The van der Waals surface area contributed by atoms with Crippen molar-refractivity contribution in [3.8, 4) is 0 Å². The minimum absolute atomic E-state index is 0.449. The van der Waals surface area contributed by atoms with Crippen LogP contribution in [0.4, 0.5) is 0 Å². The maximum absolute atomic E-state index is 6.35. The number of hydrogen-bond acceptors (Lipinski definition) is 0. The molecule has 0 aromatic carbocycles. The molecule has 1 aliphatic carbocycles. The van der Waals surface area contributed by atoms with Crippen LogP contribution in [0.15, 0.2) is 0 Å². The van der Waals surface area contributed by atoms with Crippen LogP contribution in [0.5, 0.6) is 0 Å². The first-order valence-electron chi connectivity index (χ1n) is 5.36. The zero-order valence-corrected chi connectivity index (χ0v) is 9.11. The largest absolute Gasteiger partial charge is 0.123 e. The van der Waals surface area contributed by atoms with Crippen LogP contribution >= 0.6 is 11.6 Å². The predicted octanol–water partition coefficient (Wildman–Crippen LogP) is 4.22. The van der Waals surface area contributed by atoms with E-state index in [1.54, 1.807) is 0 Å². The van der Waals surface area contributed by atoms with Gasteiger partial charge in [-0.1, -0.05) is 39.5 Å². The van der Waals surface area contributed by atoms with Gasteiger partial charge in [0, 0.05) is 5.38 Å². The van der Waals surface area contributed by atoms with Gasteiger partial charge in [0.1, 0.15) is 0 Å². The van der Waals surface area contributed by atoms with Crippen LogP contribution in [0.2, 0.25) is 0 Å². The molecule has 0 aromatic heterocycles. The molecule has 72 valence electrons. The van der Waals surface area contributed by atoms with Crippen LogP contribution < -0.4 is 0 Å². The van der Waals surface area contributed by atoms with E-state index >= 15 is 0 Å². The number of halogens is 1. The van der Waals surface area contributed by atoms with Gasteiger partial charge in [-0.3, -0.25) is 0 Å². The van der Waals surface area contributed by atoms with Crippen LogP contribution in [0.25, 0.3) is 0 Å². The zero-order chi connectivity index (χ0) is 8.97. The van der Waals surface area contributed by atoms with Gasteiger partial charge in [0.05, 0.1) is 0 Å². The van der Waals surface area contributed by atoms with Gasteiger partial charge in [0.25, 0.3) is 0 Å². The Balaban J connectivity index is 2.43. The maximum Gasteiger partial charge on any atom is 0.0366 e. The summed E-state index contributed by atoms with van der Waals surface area (Å²) in [7, 11) is 0. The van der Waals surface area contributed by atoms with Crippen molar-refractivity contribution in [1.82, 2.24) is 0 Å². The summed E-state index contributed by atoms with van der Waals surface area (Å²) in [6, 6.07) is 0. The molecule has 1 rings (SSSR count). The summed E-state index contributed by atoms with van der Waals surface area (Å²) in [6.45, 7) is 4.61. The summed E-state index contributed by atoms with van der Waals surface area (Å²) >= 11 is 6.35. The standard InChI is InChI=1S/C11H21Cl/c1-9(2)10-7-5-3-4-6-8-11(10)12/h9-11H,3-8H2,1-2H3. The summed E-state index contributed by atoms with van der Waals surface area (Å²) in [5.74, 6) is 1.54. The fourth-order valence-corrected chi connectivity index (χ4v) is 2.79. The van der Waals surface area contributed by atoms with Gasteiger partial charge in [0.15, 0.2) is 0 Å². The van der Waals surface area contributed by atoms with Gasteiger partial charge in [-0.15, -0.1) is 11.6 Å². The third kappa shape index (κ3) is 2.97. The van der Waals surface area contributed by atoms with Crippen LogP contribution in [0.3, 0.4) is 0 Å². The van der Waals surface area contributed by atoms with Gasteiger partial charge in [-0.05, 0) is 24.7 Å². The summed E-state index contributed by atoms with van der Waals surface area (Å²) < 4.78 is 0. The molecule has 0 radical (unpaired) electrons. The Bertz CT molecular complexity index is 120. The molecular weight excluding hydrogens is 168 g/mol. The lowest BCUT2D eigenvalue weighted by atomic mass is 9.83. The molecule has 2 atom stereocenters. The second kappa shape index (κ2) is 5.11. The molecular formula is C11H21Cl. The van der Waals surface area contributed by atoms with E-state index in [9.17, 15) is 0 Å². The summed E-state index contributed by atoms with van der Waals surface area (Å²) in [5.41, 5.74) is 0. The van der Waals surface area contributed by atoms with Crippen molar-refractivity contribution in [2.24, 2.45) is 11.8 Å². The molecule has 12 heavy (non-hydrogen) atoms. The van der Waals surface area contributed by atoms with Crippen LogP contribution in [-0.4, -0.2) is 5.38 Å². The van der Waals surface area contributed by atoms with E-state index in [0.29, 0.717) is 5.38 Å². The van der Waals surface area contributed by atoms with E-state index in [0.717, 1.165) is 11.8 Å². The van der Waals surface area contributed by atoms with E-state index < -0.39 is 0 Å². The lowest BCUT2D eigenvalue weighted by Gasteiger charge is -2.27.